The highest BCUT2D eigenvalue weighted by Gasteiger charge is 2.34. The molecule has 2 aromatic carbocycles. The molecule has 3 rings (SSSR count). The lowest BCUT2D eigenvalue weighted by molar-refractivity contribution is -0.129. The van der Waals surface area contributed by atoms with Crippen molar-refractivity contribution >= 4 is 21.9 Å². The number of hydrogen-bond donors (Lipinski definition) is 1. The van der Waals surface area contributed by atoms with E-state index >= 15 is 0 Å². The third-order valence-corrected chi connectivity index (χ3v) is 7.67. The van der Waals surface area contributed by atoms with Crippen LogP contribution in [0.1, 0.15) is 43.1 Å². The summed E-state index contributed by atoms with van der Waals surface area (Å²) >= 11 is 0. The maximum absolute atomic E-state index is 13.4. The smallest absolute Gasteiger partial charge is 0.338 e. The van der Waals surface area contributed by atoms with Gasteiger partial charge in [0.2, 0.25) is 10.0 Å². The summed E-state index contributed by atoms with van der Waals surface area (Å²) in [5.74, 6) is -0.631. The molecule has 3 unspecified atom stereocenters. The van der Waals surface area contributed by atoms with Crippen molar-refractivity contribution in [1.29, 1.82) is 0 Å². The van der Waals surface area contributed by atoms with Gasteiger partial charge >= 0.3 is 5.97 Å². The molecule has 1 aliphatic rings. The van der Waals surface area contributed by atoms with E-state index in [0.717, 1.165) is 12.0 Å². The predicted molar refractivity (Wildman–Crippen MR) is 128 cm³/mol. The summed E-state index contributed by atoms with van der Waals surface area (Å²) in [4.78, 5) is 25.0. The molecule has 0 aromatic heterocycles. The minimum Gasteiger partial charge on any atom is -0.495 e. The average Bonchev–Trinajstić information content (AvgIpc) is 2.82. The van der Waals surface area contributed by atoms with Crippen LogP contribution in [0.3, 0.4) is 0 Å². The Bertz CT molecular complexity index is 1110. The molecule has 0 bridgehead atoms. The molecule has 1 aliphatic heterocycles. The van der Waals surface area contributed by atoms with Gasteiger partial charge in [-0.2, -0.15) is 4.31 Å². The molecule has 8 nitrogen and oxygen atoms in total. The van der Waals surface area contributed by atoms with Crippen molar-refractivity contribution in [2.24, 2.45) is 11.8 Å². The molecular weight excluding hydrogens is 456 g/mol. The number of amides is 1. The molecule has 9 heteroatoms. The number of piperidine rings is 1. The lowest BCUT2D eigenvalue weighted by Gasteiger charge is -2.34. The first kappa shape index (κ1) is 25.7. The number of esters is 1. The van der Waals surface area contributed by atoms with Crippen LogP contribution in [0.2, 0.25) is 0 Å². The summed E-state index contributed by atoms with van der Waals surface area (Å²) in [6.45, 7) is 6.63. The number of methoxy groups -OCH3 is 1. The number of rotatable bonds is 8. The van der Waals surface area contributed by atoms with Crippen molar-refractivity contribution in [2.45, 2.75) is 44.7 Å². The maximum Gasteiger partial charge on any atom is 0.338 e. The van der Waals surface area contributed by atoms with E-state index in [0.29, 0.717) is 19.6 Å². The molecule has 0 aliphatic carbocycles. The van der Waals surface area contributed by atoms with E-state index in [1.165, 1.54) is 36.5 Å². The van der Waals surface area contributed by atoms with E-state index in [2.05, 4.69) is 5.32 Å². The van der Waals surface area contributed by atoms with Gasteiger partial charge in [-0.3, -0.25) is 4.79 Å². The lowest BCUT2D eigenvalue weighted by atomic mass is 9.94. The van der Waals surface area contributed by atoms with Crippen molar-refractivity contribution < 1.29 is 27.5 Å². The van der Waals surface area contributed by atoms with Crippen molar-refractivity contribution in [3.8, 4) is 5.75 Å². The van der Waals surface area contributed by atoms with Gasteiger partial charge in [0.15, 0.2) is 6.10 Å². The summed E-state index contributed by atoms with van der Waals surface area (Å²) < 4.78 is 38.9. The van der Waals surface area contributed by atoms with Gasteiger partial charge in [-0.25, -0.2) is 13.2 Å². The quantitative estimate of drug-likeness (QED) is 0.573. The van der Waals surface area contributed by atoms with Crippen LogP contribution in [0.4, 0.5) is 0 Å². The fraction of sp³-hybridized carbons (Fsp3) is 0.440. The molecule has 184 valence electrons. The Hall–Kier alpha value is -2.91. The number of nitrogens with one attached hydrogen (secondary N) is 1. The van der Waals surface area contributed by atoms with Crippen LogP contribution < -0.4 is 10.1 Å². The minimum atomic E-state index is -3.89. The van der Waals surface area contributed by atoms with E-state index in [1.807, 2.05) is 44.2 Å². The number of ether oxygens (including phenoxy) is 2. The normalized spacial score (nSPS) is 19.8. The number of sulfonamides is 1. The number of hydrogen-bond acceptors (Lipinski definition) is 6. The second-order valence-electron chi connectivity index (χ2n) is 8.88. The van der Waals surface area contributed by atoms with Crippen LogP contribution >= 0.6 is 0 Å². The molecule has 2 aromatic rings. The van der Waals surface area contributed by atoms with Crippen LogP contribution in [0.5, 0.6) is 5.75 Å². The Morgan fingerprint density at radius 1 is 1.09 bits per heavy atom. The van der Waals surface area contributed by atoms with Crippen molar-refractivity contribution in [3.63, 3.8) is 0 Å². The zero-order valence-corrected chi connectivity index (χ0v) is 20.8. The standard InChI is InChI=1S/C25H32N2O6S/c1-17-12-18(2)16-27(15-17)34(30,31)23-13-21(10-11-22(23)32-4)25(29)33-19(3)24(28)26-14-20-8-6-5-7-9-20/h5-11,13,17-19H,12,14-16H2,1-4H3,(H,26,28). The number of carbonyl (C=O) groups excluding carboxylic acids is 2. The fourth-order valence-electron chi connectivity index (χ4n) is 4.16. The number of nitrogens with zero attached hydrogens (tertiary/aromatic N) is 1. The third kappa shape index (κ3) is 6.15. The van der Waals surface area contributed by atoms with Crippen LogP contribution in [0.25, 0.3) is 0 Å². The first-order valence-electron chi connectivity index (χ1n) is 11.3. The largest absolute Gasteiger partial charge is 0.495 e. The van der Waals surface area contributed by atoms with Gasteiger partial charge < -0.3 is 14.8 Å². The predicted octanol–water partition coefficient (Wildman–Crippen LogP) is 3.22. The molecule has 3 atom stereocenters. The van der Waals surface area contributed by atoms with Gasteiger partial charge in [0.25, 0.3) is 5.91 Å². The minimum absolute atomic E-state index is 0.0280. The fourth-order valence-corrected chi connectivity index (χ4v) is 6.02. The van der Waals surface area contributed by atoms with Gasteiger partial charge in [-0.1, -0.05) is 44.2 Å². The Kier molecular flexibility index (Phi) is 8.33. The second kappa shape index (κ2) is 11.0. The first-order chi connectivity index (χ1) is 16.1. The van der Waals surface area contributed by atoms with E-state index in [4.69, 9.17) is 9.47 Å². The van der Waals surface area contributed by atoms with Crippen LogP contribution in [-0.2, 0) is 26.1 Å². The summed E-state index contributed by atoms with van der Waals surface area (Å²) in [5.41, 5.74) is 0.945. The number of carbonyl (C=O) groups is 2. The first-order valence-corrected chi connectivity index (χ1v) is 12.8. The third-order valence-electron chi connectivity index (χ3n) is 5.82. The zero-order valence-electron chi connectivity index (χ0n) is 20.0. The Morgan fingerprint density at radius 3 is 2.35 bits per heavy atom. The van der Waals surface area contributed by atoms with Crippen molar-refractivity contribution in [1.82, 2.24) is 9.62 Å². The average molecular weight is 489 g/mol. The topological polar surface area (TPSA) is 102 Å². The Balaban J connectivity index is 1.74. The van der Waals surface area contributed by atoms with Crippen LogP contribution in [0, 0.1) is 11.8 Å². The number of benzene rings is 2. The second-order valence-corrected chi connectivity index (χ2v) is 10.8. The summed E-state index contributed by atoms with van der Waals surface area (Å²) in [5, 5.41) is 2.72. The molecule has 0 spiro atoms. The highest BCUT2D eigenvalue weighted by molar-refractivity contribution is 7.89. The lowest BCUT2D eigenvalue weighted by Crippen LogP contribution is -2.42. The molecule has 0 saturated carbocycles. The van der Waals surface area contributed by atoms with E-state index < -0.39 is 28.0 Å². The SMILES string of the molecule is COc1ccc(C(=O)OC(C)C(=O)NCc2ccccc2)cc1S(=O)(=O)N1CC(C)CC(C)C1. The molecule has 1 heterocycles. The summed E-state index contributed by atoms with van der Waals surface area (Å²) in [6, 6.07) is 13.5. The zero-order chi connectivity index (χ0) is 24.9. The van der Waals surface area contributed by atoms with Gasteiger partial charge in [0.1, 0.15) is 10.6 Å². The molecule has 1 N–H and O–H groups in total. The van der Waals surface area contributed by atoms with E-state index in [-0.39, 0.29) is 28.0 Å². The Morgan fingerprint density at radius 2 is 1.74 bits per heavy atom. The van der Waals surface area contributed by atoms with Gasteiger partial charge in [-0.05, 0) is 48.9 Å². The molecule has 1 amide bonds. The molecule has 0 radical (unpaired) electrons. The summed E-state index contributed by atoms with van der Waals surface area (Å²) in [6.07, 6.45) is -0.0955. The molecule has 1 fully saturated rings. The van der Waals surface area contributed by atoms with Gasteiger partial charge in [0.05, 0.1) is 12.7 Å². The van der Waals surface area contributed by atoms with Gasteiger partial charge in [0, 0.05) is 19.6 Å². The van der Waals surface area contributed by atoms with Crippen molar-refractivity contribution in [2.75, 3.05) is 20.2 Å². The maximum atomic E-state index is 13.4. The van der Waals surface area contributed by atoms with E-state index in [9.17, 15) is 18.0 Å². The molecule has 34 heavy (non-hydrogen) atoms. The van der Waals surface area contributed by atoms with Gasteiger partial charge in [-0.15, -0.1) is 0 Å². The molecular formula is C25H32N2O6S. The highest BCUT2D eigenvalue weighted by Crippen LogP contribution is 2.32. The monoisotopic (exact) mass is 488 g/mol. The van der Waals surface area contributed by atoms with Crippen LogP contribution in [-0.4, -0.2) is 50.9 Å². The van der Waals surface area contributed by atoms with Crippen molar-refractivity contribution in [3.05, 3.63) is 59.7 Å². The van der Waals surface area contributed by atoms with Crippen LogP contribution in [0.15, 0.2) is 53.4 Å². The summed E-state index contributed by atoms with van der Waals surface area (Å²) in [7, 11) is -2.51. The highest BCUT2D eigenvalue weighted by atomic mass is 32.2. The van der Waals surface area contributed by atoms with E-state index in [1.54, 1.807) is 0 Å². The Labute approximate surface area is 201 Å². The molecule has 1 saturated heterocycles.